The van der Waals surface area contributed by atoms with E-state index in [1.165, 1.54) is 18.6 Å². The van der Waals surface area contributed by atoms with Crippen LogP contribution in [-0.2, 0) is 9.59 Å². The fourth-order valence-electron chi connectivity index (χ4n) is 2.33. The van der Waals surface area contributed by atoms with Crippen molar-refractivity contribution in [2.45, 2.75) is 69.1 Å². The van der Waals surface area contributed by atoms with Gasteiger partial charge in [0.1, 0.15) is 6.04 Å². The zero-order valence-corrected chi connectivity index (χ0v) is 14.7. The first kappa shape index (κ1) is 19.6. The molecule has 1 heterocycles. The van der Waals surface area contributed by atoms with Gasteiger partial charge in [-0.05, 0) is 32.1 Å². The van der Waals surface area contributed by atoms with Gasteiger partial charge in [-0.15, -0.1) is 0 Å². The molecule has 0 radical (unpaired) electrons. The number of aliphatic carboxylic acids is 1. The number of hydrogen-bond acceptors (Lipinski definition) is 5. The highest BCUT2D eigenvalue weighted by Crippen LogP contribution is 2.39. The van der Waals surface area contributed by atoms with E-state index in [0.29, 0.717) is 19.4 Å². The molecular formula is C15H28N2O3S2. The number of unbranched alkanes of at least 4 members (excludes halogenated alkanes) is 3. The Morgan fingerprint density at radius 2 is 2.05 bits per heavy atom. The average molecular weight is 349 g/mol. The second-order valence-corrected chi connectivity index (χ2v) is 8.51. The van der Waals surface area contributed by atoms with E-state index in [2.05, 4.69) is 5.32 Å². The fourth-order valence-corrected chi connectivity index (χ4v) is 5.36. The predicted molar refractivity (Wildman–Crippen MR) is 94.0 cm³/mol. The molecular weight excluding hydrogens is 320 g/mol. The Labute approximate surface area is 140 Å². The molecule has 1 amide bonds. The summed E-state index contributed by atoms with van der Waals surface area (Å²) >= 11 is 0. The van der Waals surface area contributed by atoms with E-state index in [0.717, 1.165) is 37.4 Å². The molecule has 0 spiro atoms. The van der Waals surface area contributed by atoms with Crippen LogP contribution in [0.1, 0.15) is 57.8 Å². The Balaban J connectivity index is 1.85. The van der Waals surface area contributed by atoms with E-state index in [-0.39, 0.29) is 5.91 Å². The smallest absolute Gasteiger partial charge is 0.320 e. The first-order chi connectivity index (χ1) is 10.6. The number of carboxylic acids is 1. The lowest BCUT2D eigenvalue weighted by atomic mass is 10.1. The topological polar surface area (TPSA) is 92.4 Å². The van der Waals surface area contributed by atoms with Crippen LogP contribution >= 0.6 is 21.6 Å². The van der Waals surface area contributed by atoms with Gasteiger partial charge in [0.2, 0.25) is 5.91 Å². The minimum atomic E-state index is -0.942. The maximum atomic E-state index is 11.7. The minimum Gasteiger partial charge on any atom is -0.480 e. The third-order valence-electron chi connectivity index (χ3n) is 3.74. The number of nitrogens with two attached hydrogens (primary N) is 1. The Morgan fingerprint density at radius 1 is 1.23 bits per heavy atom. The van der Waals surface area contributed by atoms with Crippen molar-refractivity contribution in [2.75, 3.05) is 12.3 Å². The molecule has 22 heavy (non-hydrogen) atoms. The fraction of sp³-hybridized carbons (Fsp3) is 0.867. The molecule has 7 heteroatoms. The summed E-state index contributed by atoms with van der Waals surface area (Å²) in [7, 11) is 3.96. The molecule has 1 rings (SSSR count). The van der Waals surface area contributed by atoms with Gasteiger partial charge in [-0.1, -0.05) is 40.9 Å². The van der Waals surface area contributed by atoms with Gasteiger partial charge in [0.15, 0.2) is 0 Å². The first-order valence-corrected chi connectivity index (χ1v) is 10.5. The molecule has 1 aliphatic heterocycles. The Bertz CT molecular complexity index is 337. The molecule has 0 aromatic heterocycles. The molecule has 0 saturated carbocycles. The third-order valence-corrected chi connectivity index (χ3v) is 6.75. The average Bonchev–Trinajstić information content (AvgIpc) is 3.00. The van der Waals surface area contributed by atoms with Gasteiger partial charge in [-0.25, -0.2) is 0 Å². The highest BCUT2D eigenvalue weighted by atomic mass is 33.1. The van der Waals surface area contributed by atoms with Crippen molar-refractivity contribution in [1.82, 2.24) is 5.32 Å². The lowest BCUT2D eigenvalue weighted by Crippen LogP contribution is -2.29. The van der Waals surface area contributed by atoms with E-state index in [4.69, 9.17) is 10.8 Å². The van der Waals surface area contributed by atoms with Gasteiger partial charge < -0.3 is 16.2 Å². The van der Waals surface area contributed by atoms with Gasteiger partial charge >= 0.3 is 5.97 Å². The summed E-state index contributed by atoms with van der Waals surface area (Å²) in [4.78, 5) is 22.2. The Morgan fingerprint density at radius 3 is 2.73 bits per heavy atom. The van der Waals surface area contributed by atoms with Gasteiger partial charge in [-0.2, -0.15) is 0 Å². The number of amides is 1. The summed E-state index contributed by atoms with van der Waals surface area (Å²) in [5, 5.41) is 12.4. The third kappa shape index (κ3) is 9.58. The molecule has 0 aromatic rings. The van der Waals surface area contributed by atoms with Gasteiger partial charge in [0, 0.05) is 24.0 Å². The van der Waals surface area contributed by atoms with Crippen molar-refractivity contribution in [3.05, 3.63) is 0 Å². The molecule has 0 aromatic carbocycles. The Kier molecular flexibility index (Phi) is 10.8. The Hall–Kier alpha value is -0.400. The number of nitrogens with one attached hydrogen (secondary N) is 1. The van der Waals surface area contributed by atoms with Crippen LogP contribution in [0, 0.1) is 0 Å². The van der Waals surface area contributed by atoms with Gasteiger partial charge in [0.05, 0.1) is 0 Å². The molecule has 0 bridgehead atoms. The summed E-state index contributed by atoms with van der Waals surface area (Å²) in [5.41, 5.74) is 5.42. The highest BCUT2D eigenvalue weighted by Gasteiger charge is 2.15. The van der Waals surface area contributed by atoms with Crippen LogP contribution in [0.25, 0.3) is 0 Å². The number of hydrogen-bond donors (Lipinski definition) is 3. The van der Waals surface area contributed by atoms with Crippen molar-refractivity contribution >= 4 is 33.5 Å². The lowest BCUT2D eigenvalue weighted by molar-refractivity contribution is -0.138. The SMILES string of the molecule is NC(CCCCCNC(=O)CCCCC1CCSS1)C(=O)O. The molecule has 2 unspecified atom stereocenters. The van der Waals surface area contributed by atoms with E-state index in [1.54, 1.807) is 0 Å². The zero-order chi connectivity index (χ0) is 16.2. The minimum absolute atomic E-state index is 0.135. The van der Waals surface area contributed by atoms with E-state index in [9.17, 15) is 9.59 Å². The largest absolute Gasteiger partial charge is 0.480 e. The van der Waals surface area contributed by atoms with Crippen molar-refractivity contribution in [2.24, 2.45) is 5.73 Å². The quantitative estimate of drug-likeness (QED) is 0.371. The molecule has 1 fully saturated rings. The lowest BCUT2D eigenvalue weighted by Gasteiger charge is -2.08. The van der Waals surface area contributed by atoms with E-state index in [1.807, 2.05) is 21.6 Å². The highest BCUT2D eigenvalue weighted by molar-refractivity contribution is 8.77. The second-order valence-electron chi connectivity index (χ2n) is 5.72. The van der Waals surface area contributed by atoms with Crippen molar-refractivity contribution in [3.8, 4) is 0 Å². The van der Waals surface area contributed by atoms with Crippen LogP contribution in [0.5, 0.6) is 0 Å². The summed E-state index contributed by atoms with van der Waals surface area (Å²) in [6.45, 7) is 0.677. The van der Waals surface area contributed by atoms with E-state index >= 15 is 0 Å². The molecule has 1 saturated heterocycles. The summed E-state index contributed by atoms with van der Waals surface area (Å²) in [6, 6.07) is -0.758. The van der Waals surface area contributed by atoms with Gasteiger partial charge in [0.25, 0.3) is 0 Å². The number of carboxylic acid groups (broad SMARTS) is 1. The summed E-state index contributed by atoms with van der Waals surface area (Å²) in [6.07, 6.45) is 8.35. The molecule has 2 atom stereocenters. The maximum absolute atomic E-state index is 11.7. The summed E-state index contributed by atoms with van der Waals surface area (Å²) < 4.78 is 0. The monoisotopic (exact) mass is 348 g/mol. The maximum Gasteiger partial charge on any atom is 0.320 e. The van der Waals surface area contributed by atoms with Crippen LogP contribution in [0.2, 0.25) is 0 Å². The first-order valence-electron chi connectivity index (χ1n) is 8.13. The van der Waals surface area contributed by atoms with E-state index < -0.39 is 12.0 Å². The van der Waals surface area contributed by atoms with Crippen LogP contribution < -0.4 is 11.1 Å². The molecule has 5 nitrogen and oxygen atoms in total. The standard InChI is InChI=1S/C15H28N2O3S2/c16-13(15(19)20)7-2-1-5-10-17-14(18)8-4-3-6-12-9-11-21-22-12/h12-13H,1-11,16H2,(H,17,18)(H,19,20). The van der Waals surface area contributed by atoms with Crippen molar-refractivity contribution in [1.29, 1.82) is 0 Å². The molecule has 0 aliphatic carbocycles. The van der Waals surface area contributed by atoms with Gasteiger partial charge in [-0.3, -0.25) is 9.59 Å². The van der Waals surface area contributed by atoms with Crippen molar-refractivity contribution in [3.63, 3.8) is 0 Å². The molecule has 1 aliphatic rings. The summed E-state index contributed by atoms with van der Waals surface area (Å²) in [5.74, 6) is 0.464. The normalized spacial score (nSPS) is 19.0. The molecule has 128 valence electrons. The van der Waals surface area contributed by atoms with Crippen LogP contribution in [0.15, 0.2) is 0 Å². The van der Waals surface area contributed by atoms with Crippen molar-refractivity contribution < 1.29 is 14.7 Å². The van der Waals surface area contributed by atoms with Crippen LogP contribution in [-0.4, -0.2) is 40.6 Å². The number of rotatable bonds is 12. The predicted octanol–water partition coefficient (Wildman–Crippen LogP) is 2.79. The second kappa shape index (κ2) is 12.1. The zero-order valence-electron chi connectivity index (χ0n) is 13.1. The number of carbonyl (C=O) groups is 2. The molecule has 4 N–H and O–H groups in total. The number of carbonyl (C=O) groups excluding carboxylic acids is 1. The van der Waals surface area contributed by atoms with Crippen LogP contribution in [0.3, 0.4) is 0 Å². The van der Waals surface area contributed by atoms with Crippen LogP contribution in [0.4, 0.5) is 0 Å².